The van der Waals surface area contributed by atoms with E-state index in [4.69, 9.17) is 0 Å². The predicted molar refractivity (Wildman–Crippen MR) is 135 cm³/mol. The first-order valence-corrected chi connectivity index (χ1v) is 12.2. The van der Waals surface area contributed by atoms with Crippen LogP contribution in [0.25, 0.3) is 0 Å². The zero-order chi connectivity index (χ0) is 24.8. The molecule has 3 aromatic rings. The SMILES string of the molecule is Cc1ccc(CNC(=O)c2cn(CCc3ccccn3)cc(C(=O)N3CCCC(C)C3)c2=O)cc1. The number of hydrogen-bond donors (Lipinski definition) is 1. The smallest absolute Gasteiger partial charge is 0.259 e. The normalized spacial score (nSPS) is 15.6. The molecule has 3 heterocycles. The van der Waals surface area contributed by atoms with Crippen molar-refractivity contribution < 1.29 is 9.59 Å². The van der Waals surface area contributed by atoms with Gasteiger partial charge in [-0.05, 0) is 43.4 Å². The van der Waals surface area contributed by atoms with Crippen molar-refractivity contribution in [1.82, 2.24) is 19.8 Å². The number of pyridine rings is 2. The van der Waals surface area contributed by atoms with Crippen LogP contribution in [0.1, 0.15) is 57.3 Å². The highest BCUT2D eigenvalue weighted by molar-refractivity contribution is 5.99. The number of carbonyl (C=O) groups excluding carboxylic acids is 2. The minimum Gasteiger partial charge on any atom is -0.352 e. The Labute approximate surface area is 205 Å². The summed E-state index contributed by atoms with van der Waals surface area (Å²) in [5, 5.41) is 2.84. The molecule has 0 saturated carbocycles. The largest absolute Gasteiger partial charge is 0.352 e. The number of nitrogens with zero attached hydrogens (tertiary/aromatic N) is 3. The summed E-state index contributed by atoms with van der Waals surface area (Å²) >= 11 is 0. The number of rotatable bonds is 7. The molecule has 0 spiro atoms. The molecular formula is C28H32N4O3. The van der Waals surface area contributed by atoms with Gasteiger partial charge in [-0.15, -0.1) is 0 Å². The molecule has 7 nitrogen and oxygen atoms in total. The standard InChI is InChI=1S/C28H32N4O3/c1-20-8-10-22(11-9-20)16-30-27(34)24-18-31(15-12-23-7-3-4-13-29-23)19-25(26(24)33)28(35)32-14-5-6-21(2)17-32/h3-4,7-11,13,18-19,21H,5-6,12,14-17H2,1-2H3,(H,30,34). The monoisotopic (exact) mass is 472 g/mol. The topological polar surface area (TPSA) is 84.3 Å². The molecular weight excluding hydrogens is 440 g/mol. The van der Waals surface area contributed by atoms with E-state index in [1.165, 1.54) is 0 Å². The van der Waals surface area contributed by atoms with E-state index in [2.05, 4.69) is 17.2 Å². The molecule has 0 aliphatic carbocycles. The first kappa shape index (κ1) is 24.4. The maximum atomic E-state index is 13.3. The number of benzene rings is 1. The summed E-state index contributed by atoms with van der Waals surface area (Å²) in [5.41, 5.74) is 2.47. The summed E-state index contributed by atoms with van der Waals surface area (Å²) in [6.07, 6.45) is 7.46. The van der Waals surface area contributed by atoms with Gasteiger partial charge >= 0.3 is 0 Å². The molecule has 7 heteroatoms. The van der Waals surface area contributed by atoms with Crippen LogP contribution in [0.3, 0.4) is 0 Å². The number of aryl methyl sites for hydroxylation is 3. The minimum atomic E-state index is -0.524. The highest BCUT2D eigenvalue weighted by Crippen LogP contribution is 2.17. The maximum absolute atomic E-state index is 13.3. The number of likely N-dealkylation sites (tertiary alicyclic amines) is 1. The molecule has 1 N–H and O–H groups in total. The van der Waals surface area contributed by atoms with Crippen molar-refractivity contribution in [3.8, 4) is 0 Å². The Kier molecular flexibility index (Phi) is 7.75. The Hall–Kier alpha value is -3.74. The van der Waals surface area contributed by atoms with Crippen LogP contribution in [0.2, 0.25) is 0 Å². The number of nitrogens with one attached hydrogen (secondary N) is 1. The number of hydrogen-bond acceptors (Lipinski definition) is 4. The van der Waals surface area contributed by atoms with Crippen LogP contribution in [0.4, 0.5) is 0 Å². The fourth-order valence-electron chi connectivity index (χ4n) is 4.39. The van der Waals surface area contributed by atoms with Gasteiger partial charge in [0.25, 0.3) is 11.8 Å². The van der Waals surface area contributed by atoms with Gasteiger partial charge in [-0.25, -0.2) is 0 Å². The number of carbonyl (C=O) groups is 2. The summed E-state index contributed by atoms with van der Waals surface area (Å²) in [6, 6.07) is 13.5. The molecule has 4 rings (SSSR count). The maximum Gasteiger partial charge on any atom is 0.259 e. The number of amides is 2. The van der Waals surface area contributed by atoms with Crippen molar-refractivity contribution in [3.05, 3.63) is 99.2 Å². The van der Waals surface area contributed by atoms with Gasteiger partial charge in [0.15, 0.2) is 0 Å². The second-order valence-corrected chi connectivity index (χ2v) is 9.39. The lowest BCUT2D eigenvalue weighted by molar-refractivity contribution is 0.0680. The molecule has 1 aliphatic heterocycles. The Balaban J connectivity index is 1.60. The Morgan fingerprint density at radius 3 is 2.57 bits per heavy atom. The van der Waals surface area contributed by atoms with Crippen molar-refractivity contribution in [3.63, 3.8) is 0 Å². The van der Waals surface area contributed by atoms with Gasteiger partial charge in [-0.2, -0.15) is 0 Å². The highest BCUT2D eigenvalue weighted by atomic mass is 16.2. The quantitative estimate of drug-likeness (QED) is 0.570. The van der Waals surface area contributed by atoms with Crippen molar-refractivity contribution in [2.24, 2.45) is 5.92 Å². The average molecular weight is 473 g/mol. The fourth-order valence-corrected chi connectivity index (χ4v) is 4.39. The van der Waals surface area contributed by atoms with E-state index < -0.39 is 11.3 Å². The molecule has 2 amide bonds. The molecule has 1 aromatic carbocycles. The third kappa shape index (κ3) is 6.23. The van der Waals surface area contributed by atoms with Crippen LogP contribution in [-0.4, -0.2) is 39.4 Å². The van der Waals surface area contributed by atoms with Crippen LogP contribution in [-0.2, 0) is 19.5 Å². The van der Waals surface area contributed by atoms with Crippen LogP contribution < -0.4 is 10.7 Å². The predicted octanol–water partition coefficient (Wildman–Crippen LogP) is 3.60. The van der Waals surface area contributed by atoms with E-state index in [1.54, 1.807) is 28.1 Å². The molecule has 2 aromatic heterocycles. The molecule has 1 atom stereocenters. The molecule has 1 aliphatic rings. The highest BCUT2D eigenvalue weighted by Gasteiger charge is 2.26. The van der Waals surface area contributed by atoms with E-state index in [1.807, 2.05) is 49.4 Å². The zero-order valence-electron chi connectivity index (χ0n) is 20.4. The van der Waals surface area contributed by atoms with Gasteiger partial charge in [-0.1, -0.05) is 42.8 Å². The molecule has 1 unspecified atom stereocenters. The van der Waals surface area contributed by atoms with Crippen molar-refractivity contribution in [2.75, 3.05) is 13.1 Å². The second kappa shape index (κ2) is 11.1. The third-order valence-corrected chi connectivity index (χ3v) is 6.42. The average Bonchev–Trinajstić information content (AvgIpc) is 2.87. The van der Waals surface area contributed by atoms with E-state index in [-0.39, 0.29) is 17.0 Å². The van der Waals surface area contributed by atoms with Gasteiger partial charge < -0.3 is 14.8 Å². The van der Waals surface area contributed by atoms with E-state index in [0.717, 1.165) is 29.7 Å². The molecule has 1 saturated heterocycles. The summed E-state index contributed by atoms with van der Waals surface area (Å²) in [6.45, 7) is 6.15. The lowest BCUT2D eigenvalue weighted by atomic mass is 9.99. The second-order valence-electron chi connectivity index (χ2n) is 9.39. The van der Waals surface area contributed by atoms with Crippen LogP contribution >= 0.6 is 0 Å². The van der Waals surface area contributed by atoms with Gasteiger partial charge in [0.05, 0.1) is 0 Å². The van der Waals surface area contributed by atoms with Crippen LogP contribution in [0, 0.1) is 12.8 Å². The summed E-state index contributed by atoms with van der Waals surface area (Å²) in [5.74, 6) is -0.398. The van der Waals surface area contributed by atoms with Crippen molar-refractivity contribution >= 4 is 11.8 Å². The number of aromatic nitrogens is 2. The molecule has 35 heavy (non-hydrogen) atoms. The van der Waals surface area contributed by atoms with Gasteiger partial charge in [0.1, 0.15) is 11.1 Å². The lowest BCUT2D eigenvalue weighted by Crippen LogP contribution is -2.42. The molecule has 1 fully saturated rings. The summed E-state index contributed by atoms with van der Waals surface area (Å²) in [4.78, 5) is 45.8. The van der Waals surface area contributed by atoms with Gasteiger partial charge in [0, 0.05) is 56.9 Å². The zero-order valence-corrected chi connectivity index (χ0v) is 20.4. The fraction of sp³-hybridized carbons (Fsp3) is 0.357. The van der Waals surface area contributed by atoms with E-state index >= 15 is 0 Å². The van der Waals surface area contributed by atoms with Gasteiger partial charge in [0.2, 0.25) is 5.43 Å². The first-order valence-electron chi connectivity index (χ1n) is 12.2. The van der Waals surface area contributed by atoms with Crippen LogP contribution in [0.15, 0.2) is 65.8 Å². The van der Waals surface area contributed by atoms with Crippen LogP contribution in [0.5, 0.6) is 0 Å². The Bertz CT molecular complexity index is 1240. The van der Waals surface area contributed by atoms with E-state index in [0.29, 0.717) is 38.5 Å². The van der Waals surface area contributed by atoms with E-state index in [9.17, 15) is 14.4 Å². The third-order valence-electron chi connectivity index (χ3n) is 6.42. The summed E-state index contributed by atoms with van der Waals surface area (Å²) in [7, 11) is 0. The molecule has 0 bridgehead atoms. The Morgan fingerprint density at radius 1 is 1.09 bits per heavy atom. The van der Waals surface area contributed by atoms with Gasteiger partial charge in [-0.3, -0.25) is 19.4 Å². The Morgan fingerprint density at radius 2 is 1.86 bits per heavy atom. The molecule has 182 valence electrons. The minimum absolute atomic E-state index is 0.0194. The first-order chi connectivity index (χ1) is 16.9. The van der Waals surface area contributed by atoms with Crippen molar-refractivity contribution in [1.29, 1.82) is 0 Å². The molecule has 0 radical (unpaired) electrons. The summed E-state index contributed by atoms with van der Waals surface area (Å²) < 4.78 is 1.76. The van der Waals surface area contributed by atoms with Crippen molar-refractivity contribution in [2.45, 2.75) is 46.2 Å². The number of piperidine rings is 1. The lowest BCUT2D eigenvalue weighted by Gasteiger charge is -2.31.